The highest BCUT2D eigenvalue weighted by Crippen LogP contribution is 2.36. The second-order valence-corrected chi connectivity index (χ2v) is 13.3. The van der Waals surface area contributed by atoms with Crippen molar-refractivity contribution in [2.24, 2.45) is 0 Å². The molecule has 0 N–H and O–H groups in total. The number of para-hydroxylation sites is 3. The summed E-state index contributed by atoms with van der Waals surface area (Å²) in [6, 6.07) is 62.0. The monoisotopic (exact) mass is 638 g/mol. The van der Waals surface area contributed by atoms with E-state index in [0.29, 0.717) is 0 Å². The number of hydrogen-bond acceptors (Lipinski definition) is 0. The molecule has 0 aliphatic heterocycles. The van der Waals surface area contributed by atoms with Gasteiger partial charge in [-0.1, -0.05) is 140 Å². The molecule has 0 amide bonds. The van der Waals surface area contributed by atoms with Crippen molar-refractivity contribution in [1.82, 2.24) is 9.13 Å². The molecule has 0 saturated carbocycles. The maximum Gasteiger partial charge on any atom is 0.0541 e. The van der Waals surface area contributed by atoms with E-state index in [0.717, 1.165) is 12.8 Å². The van der Waals surface area contributed by atoms with Gasteiger partial charge in [0.15, 0.2) is 0 Å². The fourth-order valence-corrected chi connectivity index (χ4v) is 7.98. The first-order valence-electron chi connectivity index (χ1n) is 17.5. The Morgan fingerprint density at radius 2 is 0.700 bits per heavy atom. The second-order valence-electron chi connectivity index (χ2n) is 13.3. The minimum Gasteiger partial charge on any atom is -0.313 e. The van der Waals surface area contributed by atoms with Gasteiger partial charge in [-0.2, -0.15) is 0 Å². The average Bonchev–Trinajstić information content (AvgIpc) is 3.71. The molecule has 236 valence electrons. The van der Waals surface area contributed by atoms with Crippen molar-refractivity contribution in [3.63, 3.8) is 0 Å². The molecule has 1 aliphatic rings. The van der Waals surface area contributed by atoms with Gasteiger partial charge in [0.05, 0.1) is 16.6 Å². The molecule has 10 rings (SSSR count). The standard InChI is InChI=1S/C48H34N2/c1-5-13-45-41(9-1)42-10-2-6-14-46(42)49(45)39-29-25-37(26-30-39)35-21-17-33(18-22-35)34-19-23-36(24-20-34)38-27-31-40(32-28-38)50-47-15-7-3-11-43(47)44-12-4-8-16-48(44)50/h1-7,9-15,17-32H,8,16H2. The van der Waals surface area contributed by atoms with Crippen molar-refractivity contribution in [3.05, 3.63) is 187 Å². The number of benzene rings is 7. The predicted molar refractivity (Wildman–Crippen MR) is 211 cm³/mol. The number of nitrogens with zero attached hydrogens (tertiary/aromatic N) is 2. The smallest absolute Gasteiger partial charge is 0.0541 e. The summed E-state index contributed by atoms with van der Waals surface area (Å²) in [7, 11) is 0. The zero-order valence-corrected chi connectivity index (χ0v) is 27.6. The highest BCUT2D eigenvalue weighted by molar-refractivity contribution is 6.09. The van der Waals surface area contributed by atoms with Gasteiger partial charge in [0.1, 0.15) is 0 Å². The summed E-state index contributed by atoms with van der Waals surface area (Å²) in [6.07, 6.45) is 6.76. The van der Waals surface area contributed by atoms with Crippen LogP contribution < -0.4 is 0 Å². The third-order valence-corrected chi connectivity index (χ3v) is 10.4. The van der Waals surface area contributed by atoms with Gasteiger partial charge in [-0.15, -0.1) is 0 Å². The Morgan fingerprint density at radius 1 is 0.340 bits per heavy atom. The lowest BCUT2D eigenvalue weighted by Crippen LogP contribution is -2.02. The summed E-state index contributed by atoms with van der Waals surface area (Å²) in [6.45, 7) is 0. The van der Waals surface area contributed by atoms with Crippen LogP contribution in [0.5, 0.6) is 0 Å². The van der Waals surface area contributed by atoms with Gasteiger partial charge in [0.25, 0.3) is 0 Å². The minimum absolute atomic E-state index is 1.07. The normalized spacial score (nSPS) is 12.6. The Labute approximate surface area is 291 Å². The molecular formula is C48H34N2. The van der Waals surface area contributed by atoms with Crippen molar-refractivity contribution < 1.29 is 0 Å². The molecular weight excluding hydrogens is 605 g/mol. The Morgan fingerprint density at radius 3 is 1.16 bits per heavy atom. The number of hydrogen-bond donors (Lipinski definition) is 0. The van der Waals surface area contributed by atoms with Gasteiger partial charge >= 0.3 is 0 Å². The maximum absolute atomic E-state index is 2.45. The molecule has 9 aromatic rings. The van der Waals surface area contributed by atoms with E-state index in [1.54, 1.807) is 0 Å². The lowest BCUT2D eigenvalue weighted by atomic mass is 9.98. The molecule has 0 bridgehead atoms. The molecule has 0 spiro atoms. The van der Waals surface area contributed by atoms with Gasteiger partial charge in [-0.3, -0.25) is 0 Å². The largest absolute Gasteiger partial charge is 0.313 e. The van der Waals surface area contributed by atoms with Crippen LogP contribution in [-0.4, -0.2) is 9.13 Å². The van der Waals surface area contributed by atoms with E-state index in [4.69, 9.17) is 0 Å². The van der Waals surface area contributed by atoms with Crippen LogP contribution in [-0.2, 0) is 6.42 Å². The van der Waals surface area contributed by atoms with Gasteiger partial charge < -0.3 is 9.13 Å². The summed E-state index contributed by atoms with van der Waals surface area (Å²) in [5.74, 6) is 0. The van der Waals surface area contributed by atoms with Crippen molar-refractivity contribution in [1.29, 1.82) is 0 Å². The van der Waals surface area contributed by atoms with Crippen LogP contribution in [0.3, 0.4) is 0 Å². The van der Waals surface area contributed by atoms with Crippen LogP contribution in [0, 0.1) is 0 Å². The zero-order chi connectivity index (χ0) is 33.0. The topological polar surface area (TPSA) is 9.86 Å². The maximum atomic E-state index is 2.45. The SMILES string of the molecule is C1=Cc2c(n(-c3ccc(-c4ccc(-c5ccc(-c6ccc(-n7c8ccccc8c8ccccc87)cc6)cc5)cc4)cc3)c3ccccc23)CC1. The Hall–Kier alpha value is -6.38. The quantitative estimate of drug-likeness (QED) is 0.178. The molecule has 2 nitrogen and oxygen atoms in total. The lowest BCUT2D eigenvalue weighted by molar-refractivity contribution is 0.888. The van der Waals surface area contributed by atoms with Crippen LogP contribution in [0.15, 0.2) is 176 Å². The lowest BCUT2D eigenvalue weighted by Gasteiger charge is -2.14. The summed E-state index contributed by atoms with van der Waals surface area (Å²) in [5.41, 5.74) is 16.2. The third-order valence-electron chi connectivity index (χ3n) is 10.4. The fourth-order valence-electron chi connectivity index (χ4n) is 7.98. The van der Waals surface area contributed by atoms with Crippen LogP contribution in [0.25, 0.3) is 83.5 Å². The van der Waals surface area contributed by atoms with Crippen molar-refractivity contribution in [2.75, 3.05) is 0 Å². The number of allylic oxidation sites excluding steroid dienone is 1. The summed E-state index contributed by atoms with van der Waals surface area (Å²) in [5, 5.41) is 3.90. The molecule has 2 heteroatoms. The summed E-state index contributed by atoms with van der Waals surface area (Å²) >= 11 is 0. The van der Waals surface area contributed by atoms with E-state index < -0.39 is 0 Å². The first kappa shape index (κ1) is 28.6. The van der Waals surface area contributed by atoms with Crippen molar-refractivity contribution in [2.45, 2.75) is 12.8 Å². The molecule has 2 heterocycles. The molecule has 0 fully saturated rings. The zero-order valence-electron chi connectivity index (χ0n) is 27.6. The highest BCUT2D eigenvalue weighted by Gasteiger charge is 2.18. The molecule has 0 radical (unpaired) electrons. The van der Waals surface area contributed by atoms with Crippen LogP contribution in [0.4, 0.5) is 0 Å². The number of rotatable bonds is 5. The fraction of sp³-hybridized carbons (Fsp3) is 0.0417. The van der Waals surface area contributed by atoms with Crippen molar-refractivity contribution in [3.8, 4) is 44.8 Å². The van der Waals surface area contributed by atoms with E-state index >= 15 is 0 Å². The van der Waals surface area contributed by atoms with Crippen LogP contribution in [0.1, 0.15) is 17.7 Å². The van der Waals surface area contributed by atoms with E-state index in [1.165, 1.54) is 88.7 Å². The van der Waals surface area contributed by atoms with Gasteiger partial charge in [0.2, 0.25) is 0 Å². The van der Waals surface area contributed by atoms with Crippen molar-refractivity contribution >= 4 is 38.8 Å². The number of fused-ring (bicyclic) bond motifs is 6. The summed E-state index contributed by atoms with van der Waals surface area (Å²) in [4.78, 5) is 0. The van der Waals surface area contributed by atoms with Crippen LogP contribution in [0.2, 0.25) is 0 Å². The first-order chi connectivity index (χ1) is 24.8. The molecule has 7 aromatic carbocycles. The molecule has 0 unspecified atom stereocenters. The predicted octanol–water partition coefficient (Wildman–Crippen LogP) is 12.7. The average molecular weight is 639 g/mol. The molecule has 50 heavy (non-hydrogen) atoms. The Kier molecular flexibility index (Phi) is 6.67. The van der Waals surface area contributed by atoms with Gasteiger partial charge in [-0.25, -0.2) is 0 Å². The van der Waals surface area contributed by atoms with E-state index in [-0.39, 0.29) is 0 Å². The third kappa shape index (κ3) is 4.64. The highest BCUT2D eigenvalue weighted by atomic mass is 15.0. The first-order valence-corrected chi connectivity index (χ1v) is 17.5. The van der Waals surface area contributed by atoms with Gasteiger partial charge in [0, 0.05) is 38.8 Å². The van der Waals surface area contributed by atoms with Gasteiger partial charge in [-0.05, 0) is 88.7 Å². The molecule has 1 aliphatic carbocycles. The second kappa shape index (κ2) is 11.6. The minimum atomic E-state index is 1.07. The molecule has 0 atom stereocenters. The van der Waals surface area contributed by atoms with E-state index in [1.807, 2.05) is 0 Å². The summed E-state index contributed by atoms with van der Waals surface area (Å²) < 4.78 is 4.81. The van der Waals surface area contributed by atoms with E-state index in [2.05, 4.69) is 191 Å². The van der Waals surface area contributed by atoms with Crippen LogP contribution >= 0.6 is 0 Å². The molecule has 2 aromatic heterocycles. The Balaban J connectivity index is 0.887. The number of aromatic nitrogens is 2. The molecule has 0 saturated heterocycles. The van der Waals surface area contributed by atoms with E-state index in [9.17, 15) is 0 Å². The Bertz CT molecular complexity index is 2650.